The van der Waals surface area contributed by atoms with Crippen LogP contribution in [0.2, 0.25) is 0 Å². The van der Waals surface area contributed by atoms with Gasteiger partial charge in [-0.2, -0.15) is 5.10 Å². The average Bonchev–Trinajstić information content (AvgIpc) is 3.11. The Kier molecular flexibility index (Phi) is 4.47. The van der Waals surface area contributed by atoms with E-state index < -0.39 is 11.5 Å². The summed E-state index contributed by atoms with van der Waals surface area (Å²) in [6.07, 6.45) is 3.17. The summed E-state index contributed by atoms with van der Waals surface area (Å²) in [6.45, 7) is 1.04. The molecule has 0 aliphatic heterocycles. The van der Waals surface area contributed by atoms with Crippen molar-refractivity contribution in [2.75, 3.05) is 5.32 Å². The van der Waals surface area contributed by atoms with Gasteiger partial charge >= 0.3 is 0 Å². The van der Waals surface area contributed by atoms with Gasteiger partial charge in [0.1, 0.15) is 18.6 Å². The summed E-state index contributed by atoms with van der Waals surface area (Å²) in [5, 5.41) is 15.2. The van der Waals surface area contributed by atoms with Crippen molar-refractivity contribution in [1.82, 2.24) is 24.4 Å². The lowest BCUT2D eigenvalue weighted by atomic mass is 10.1. The fraction of sp³-hybridized carbons (Fsp3) is 0.111. The standard InChI is InChI=1S/C18H13BrN6O3/c1-10(26)17-14-6-11(19)2-4-13(14)18(28)25(23-17)8-16(27)21-12-3-5-15-22-20-9-24(15)7-12/h2-7,9H,8H2,1H3,(H,21,27). The molecule has 1 amide bonds. The van der Waals surface area contributed by atoms with Crippen molar-refractivity contribution in [3.63, 3.8) is 0 Å². The van der Waals surface area contributed by atoms with Gasteiger partial charge < -0.3 is 5.32 Å². The molecule has 0 saturated heterocycles. The number of benzene rings is 1. The number of amides is 1. The number of hydrogen-bond acceptors (Lipinski definition) is 6. The maximum atomic E-state index is 12.7. The number of carbonyl (C=O) groups excluding carboxylic acids is 2. The van der Waals surface area contributed by atoms with Crippen LogP contribution < -0.4 is 10.9 Å². The SMILES string of the molecule is CC(=O)c1nn(CC(=O)Nc2ccc3nncn3c2)c(=O)c2ccc(Br)cc12. The summed E-state index contributed by atoms with van der Waals surface area (Å²) in [6, 6.07) is 8.35. The minimum atomic E-state index is -0.451. The van der Waals surface area contributed by atoms with E-state index in [4.69, 9.17) is 0 Å². The minimum absolute atomic E-state index is 0.134. The Hall–Kier alpha value is -3.40. The van der Waals surface area contributed by atoms with Crippen LogP contribution in [0.3, 0.4) is 0 Å². The highest BCUT2D eigenvalue weighted by molar-refractivity contribution is 9.10. The highest BCUT2D eigenvalue weighted by Gasteiger charge is 2.16. The van der Waals surface area contributed by atoms with Gasteiger partial charge in [-0.15, -0.1) is 10.2 Å². The number of rotatable bonds is 4. The summed E-state index contributed by atoms with van der Waals surface area (Å²) in [7, 11) is 0. The van der Waals surface area contributed by atoms with E-state index in [9.17, 15) is 14.4 Å². The predicted octanol–water partition coefficient (Wildman–Crippen LogP) is 2.04. The number of carbonyl (C=O) groups is 2. The molecule has 1 aromatic carbocycles. The third-order valence-corrected chi connectivity index (χ3v) is 4.62. The molecule has 0 radical (unpaired) electrons. The lowest BCUT2D eigenvalue weighted by Crippen LogP contribution is -2.31. The highest BCUT2D eigenvalue weighted by Crippen LogP contribution is 2.20. The first-order valence-corrected chi connectivity index (χ1v) is 9.02. The Morgan fingerprint density at radius 1 is 1.18 bits per heavy atom. The third-order valence-electron chi connectivity index (χ3n) is 4.12. The normalized spacial score (nSPS) is 11.1. The number of halogens is 1. The second-order valence-electron chi connectivity index (χ2n) is 6.12. The first kappa shape index (κ1) is 18.0. The van der Waals surface area contributed by atoms with E-state index in [0.29, 0.717) is 22.1 Å². The first-order chi connectivity index (χ1) is 13.4. The van der Waals surface area contributed by atoms with Crippen LogP contribution in [-0.2, 0) is 11.3 Å². The number of Topliss-reactive ketones (excluding diaryl/α,β-unsaturated/α-hetero) is 1. The molecule has 0 aliphatic carbocycles. The number of hydrogen-bond donors (Lipinski definition) is 1. The number of anilines is 1. The quantitative estimate of drug-likeness (QED) is 0.486. The van der Waals surface area contributed by atoms with Gasteiger partial charge in [-0.05, 0) is 30.3 Å². The average molecular weight is 441 g/mol. The summed E-state index contributed by atoms with van der Waals surface area (Å²) in [5.41, 5.74) is 0.844. The maximum absolute atomic E-state index is 12.7. The molecule has 0 bridgehead atoms. The number of pyridine rings is 1. The van der Waals surface area contributed by atoms with Crippen LogP contribution >= 0.6 is 15.9 Å². The predicted molar refractivity (Wildman–Crippen MR) is 105 cm³/mol. The molecule has 0 saturated carbocycles. The van der Waals surface area contributed by atoms with Crippen molar-refractivity contribution in [3.8, 4) is 0 Å². The van der Waals surface area contributed by atoms with Gasteiger partial charge in [0, 0.05) is 23.0 Å². The van der Waals surface area contributed by atoms with Crippen molar-refractivity contribution in [1.29, 1.82) is 0 Å². The molecule has 0 spiro atoms. The fourth-order valence-corrected chi connectivity index (χ4v) is 3.22. The lowest BCUT2D eigenvalue weighted by Gasteiger charge is -2.10. The molecule has 1 N–H and O–H groups in total. The minimum Gasteiger partial charge on any atom is -0.323 e. The zero-order valence-corrected chi connectivity index (χ0v) is 16.2. The van der Waals surface area contributed by atoms with E-state index in [0.717, 1.165) is 9.15 Å². The molecule has 28 heavy (non-hydrogen) atoms. The molecule has 140 valence electrons. The van der Waals surface area contributed by atoms with Crippen LogP contribution in [0.15, 0.2) is 52.1 Å². The zero-order chi connectivity index (χ0) is 19.8. The van der Waals surface area contributed by atoms with Gasteiger partial charge in [0.2, 0.25) is 5.91 Å². The zero-order valence-electron chi connectivity index (χ0n) is 14.6. The van der Waals surface area contributed by atoms with Crippen molar-refractivity contribution in [3.05, 3.63) is 63.4 Å². The molecule has 0 unspecified atom stereocenters. The van der Waals surface area contributed by atoms with Crippen LogP contribution in [0.25, 0.3) is 16.4 Å². The van der Waals surface area contributed by atoms with Gasteiger partial charge in [0.15, 0.2) is 11.4 Å². The third kappa shape index (κ3) is 3.29. The molecule has 4 rings (SSSR count). The Bertz CT molecular complexity index is 1310. The molecular weight excluding hydrogens is 428 g/mol. The Labute approximate surface area is 166 Å². The van der Waals surface area contributed by atoms with Gasteiger partial charge in [-0.25, -0.2) is 4.68 Å². The summed E-state index contributed by atoms with van der Waals surface area (Å²) in [5.74, 6) is -0.747. The summed E-state index contributed by atoms with van der Waals surface area (Å²) >= 11 is 3.33. The first-order valence-electron chi connectivity index (χ1n) is 8.23. The van der Waals surface area contributed by atoms with E-state index >= 15 is 0 Å². The van der Waals surface area contributed by atoms with Gasteiger partial charge in [0.05, 0.1) is 11.1 Å². The largest absolute Gasteiger partial charge is 0.323 e. The smallest absolute Gasteiger partial charge is 0.275 e. The van der Waals surface area contributed by atoms with Crippen LogP contribution in [0.4, 0.5) is 5.69 Å². The van der Waals surface area contributed by atoms with E-state index in [1.165, 1.54) is 13.3 Å². The van der Waals surface area contributed by atoms with Crippen LogP contribution in [-0.4, -0.2) is 36.1 Å². The Balaban J connectivity index is 1.67. The highest BCUT2D eigenvalue weighted by atomic mass is 79.9. The molecule has 3 heterocycles. The molecular formula is C18H13BrN6O3. The van der Waals surface area contributed by atoms with Crippen LogP contribution in [0.1, 0.15) is 17.4 Å². The van der Waals surface area contributed by atoms with Crippen molar-refractivity contribution < 1.29 is 9.59 Å². The molecule has 3 aromatic heterocycles. The summed E-state index contributed by atoms with van der Waals surface area (Å²) < 4.78 is 3.38. The molecule has 0 aliphatic rings. The number of nitrogens with one attached hydrogen (secondary N) is 1. The topological polar surface area (TPSA) is 111 Å². The maximum Gasteiger partial charge on any atom is 0.275 e. The molecule has 9 nitrogen and oxygen atoms in total. The Morgan fingerprint density at radius 3 is 2.79 bits per heavy atom. The van der Waals surface area contributed by atoms with Crippen molar-refractivity contribution in [2.24, 2.45) is 0 Å². The number of fused-ring (bicyclic) bond motifs is 2. The second kappa shape index (κ2) is 6.97. The van der Waals surface area contributed by atoms with E-state index in [-0.39, 0.29) is 18.0 Å². The molecule has 4 aromatic rings. The van der Waals surface area contributed by atoms with Crippen molar-refractivity contribution >= 4 is 49.7 Å². The van der Waals surface area contributed by atoms with Gasteiger partial charge in [-0.1, -0.05) is 15.9 Å². The van der Waals surface area contributed by atoms with Crippen molar-refractivity contribution in [2.45, 2.75) is 13.5 Å². The molecule has 0 fully saturated rings. The molecule has 0 atom stereocenters. The number of nitrogens with zero attached hydrogens (tertiary/aromatic N) is 5. The monoisotopic (exact) mass is 440 g/mol. The van der Waals surface area contributed by atoms with E-state index in [2.05, 4.69) is 36.5 Å². The van der Waals surface area contributed by atoms with E-state index in [1.807, 2.05) is 0 Å². The van der Waals surface area contributed by atoms with E-state index in [1.54, 1.807) is 40.9 Å². The van der Waals surface area contributed by atoms with Crippen LogP contribution in [0.5, 0.6) is 0 Å². The van der Waals surface area contributed by atoms with Gasteiger partial charge in [-0.3, -0.25) is 18.8 Å². The number of ketones is 1. The van der Waals surface area contributed by atoms with Crippen LogP contribution in [0, 0.1) is 0 Å². The second-order valence-corrected chi connectivity index (χ2v) is 7.04. The fourth-order valence-electron chi connectivity index (χ4n) is 2.86. The van der Waals surface area contributed by atoms with Gasteiger partial charge in [0.25, 0.3) is 5.56 Å². The lowest BCUT2D eigenvalue weighted by molar-refractivity contribution is -0.117. The molecule has 10 heteroatoms. The Morgan fingerprint density at radius 2 is 2.00 bits per heavy atom. The summed E-state index contributed by atoms with van der Waals surface area (Å²) in [4.78, 5) is 37.2. The number of aromatic nitrogens is 5.